The van der Waals surface area contributed by atoms with E-state index >= 15 is 0 Å². The summed E-state index contributed by atoms with van der Waals surface area (Å²) in [6.07, 6.45) is 9.07. The van der Waals surface area contributed by atoms with Crippen LogP contribution >= 0.6 is 0 Å². The van der Waals surface area contributed by atoms with E-state index in [4.69, 9.17) is 0 Å². The molecule has 0 saturated heterocycles. The number of pyridine rings is 1. The highest BCUT2D eigenvalue weighted by Crippen LogP contribution is 2.35. The van der Waals surface area contributed by atoms with Gasteiger partial charge in [0.05, 0.1) is 11.9 Å². The fourth-order valence-corrected chi connectivity index (χ4v) is 6.01. The first-order valence-electron chi connectivity index (χ1n) is 13.2. The second-order valence-electron chi connectivity index (χ2n) is 11.1. The van der Waals surface area contributed by atoms with Crippen molar-refractivity contribution in [1.29, 1.82) is 0 Å². The highest BCUT2D eigenvalue weighted by molar-refractivity contribution is 6.06. The lowest BCUT2D eigenvalue weighted by atomic mass is 9.69. The molecule has 0 saturated carbocycles. The number of nitrogens with zero attached hydrogens (tertiary/aromatic N) is 2. The number of fused-ring (bicyclic) bond motifs is 5. The van der Waals surface area contributed by atoms with Gasteiger partial charge in [-0.2, -0.15) is 0 Å². The van der Waals surface area contributed by atoms with Gasteiger partial charge in [0.1, 0.15) is 5.82 Å². The lowest BCUT2D eigenvalue weighted by Crippen LogP contribution is -2.43. The topological polar surface area (TPSA) is 50.3 Å². The number of ketones is 1. The molecule has 2 aliphatic rings. The van der Waals surface area contributed by atoms with E-state index in [-0.39, 0.29) is 28.8 Å². The van der Waals surface area contributed by atoms with Crippen molar-refractivity contribution in [1.82, 2.24) is 4.98 Å². The molecule has 4 aromatic rings. The summed E-state index contributed by atoms with van der Waals surface area (Å²) < 4.78 is 13.5. The summed E-state index contributed by atoms with van der Waals surface area (Å²) in [5, 5.41) is 2.24. The molecule has 0 N–H and O–H groups in total. The Bertz CT molecular complexity index is 1740. The van der Waals surface area contributed by atoms with Gasteiger partial charge < -0.3 is 4.90 Å². The number of aromatic nitrogens is 1. The van der Waals surface area contributed by atoms with Gasteiger partial charge in [0.2, 0.25) is 0 Å². The van der Waals surface area contributed by atoms with Crippen molar-refractivity contribution in [2.75, 3.05) is 11.9 Å². The van der Waals surface area contributed by atoms with E-state index in [9.17, 15) is 14.0 Å². The van der Waals surface area contributed by atoms with Gasteiger partial charge in [0.25, 0.3) is 5.91 Å². The molecule has 6 rings (SSSR count). The van der Waals surface area contributed by atoms with Gasteiger partial charge in [0, 0.05) is 30.3 Å². The largest absolute Gasteiger partial charge is 0.310 e. The van der Waals surface area contributed by atoms with Crippen LogP contribution in [-0.4, -0.2) is 23.7 Å². The molecule has 0 aliphatic heterocycles. The van der Waals surface area contributed by atoms with Crippen molar-refractivity contribution < 1.29 is 14.0 Å². The number of anilines is 1. The Hall–Kier alpha value is -4.38. The number of rotatable bonds is 4. The normalized spacial score (nSPS) is 16.6. The molecule has 1 heterocycles. The van der Waals surface area contributed by atoms with E-state index in [1.54, 1.807) is 36.5 Å². The van der Waals surface area contributed by atoms with E-state index < -0.39 is 0 Å². The summed E-state index contributed by atoms with van der Waals surface area (Å²) in [7, 11) is 1.76. The van der Waals surface area contributed by atoms with E-state index in [0.717, 1.165) is 32.8 Å². The highest BCUT2D eigenvalue weighted by atomic mass is 19.1. The van der Waals surface area contributed by atoms with Crippen molar-refractivity contribution in [2.24, 2.45) is 5.92 Å². The number of carbonyl (C=O) groups is 2. The lowest BCUT2D eigenvalue weighted by molar-refractivity contribution is 0.0932. The van der Waals surface area contributed by atoms with Gasteiger partial charge in [-0.15, -0.1) is 0 Å². The highest BCUT2D eigenvalue weighted by Gasteiger charge is 2.34. The van der Waals surface area contributed by atoms with E-state index in [1.807, 2.05) is 30.3 Å². The SMILES string of the molecule is CN(C(=O)c1ccc2c(c1)CC=c1c-2ccc2c1=CC(C(=O)c1ccc(F)cc1)CC2(C)C)c1cccnc1. The predicted molar refractivity (Wildman–Crippen MR) is 153 cm³/mol. The zero-order valence-corrected chi connectivity index (χ0v) is 22.2. The average Bonchev–Trinajstić information content (AvgIpc) is 2.95. The monoisotopic (exact) mass is 516 g/mol. The first kappa shape index (κ1) is 24.9. The average molecular weight is 517 g/mol. The minimum Gasteiger partial charge on any atom is -0.310 e. The van der Waals surface area contributed by atoms with Crippen molar-refractivity contribution in [2.45, 2.75) is 32.1 Å². The number of carbonyl (C=O) groups excluding carboxylic acids is 2. The Labute approximate surface area is 227 Å². The summed E-state index contributed by atoms with van der Waals surface area (Å²) in [6.45, 7) is 4.37. The Kier molecular flexibility index (Phi) is 6.02. The number of halogens is 1. The summed E-state index contributed by atoms with van der Waals surface area (Å²) in [6, 6.07) is 19.8. The van der Waals surface area contributed by atoms with Gasteiger partial charge in [-0.25, -0.2) is 4.39 Å². The third-order valence-corrected chi connectivity index (χ3v) is 8.09. The molecular weight excluding hydrogens is 487 g/mol. The van der Waals surface area contributed by atoms with Crippen LogP contribution in [0.15, 0.2) is 79.1 Å². The zero-order chi connectivity index (χ0) is 27.3. The molecule has 1 amide bonds. The maximum absolute atomic E-state index is 13.5. The molecule has 0 bridgehead atoms. The van der Waals surface area contributed by atoms with Crippen molar-refractivity contribution in [3.05, 3.63) is 118 Å². The summed E-state index contributed by atoms with van der Waals surface area (Å²) in [5.74, 6) is -0.703. The molecule has 1 unspecified atom stereocenters. The van der Waals surface area contributed by atoms with Crippen LogP contribution in [0.3, 0.4) is 0 Å². The van der Waals surface area contributed by atoms with Gasteiger partial charge >= 0.3 is 0 Å². The number of hydrogen-bond donors (Lipinski definition) is 0. The number of amides is 1. The Morgan fingerprint density at radius 3 is 2.44 bits per heavy atom. The molecule has 2 aliphatic carbocycles. The van der Waals surface area contributed by atoms with Crippen LogP contribution < -0.4 is 15.3 Å². The molecule has 3 aromatic carbocycles. The van der Waals surface area contributed by atoms with E-state index in [0.29, 0.717) is 24.0 Å². The quantitative estimate of drug-likeness (QED) is 0.339. The van der Waals surface area contributed by atoms with E-state index in [2.05, 4.69) is 43.1 Å². The minimum absolute atomic E-state index is 0.0171. The second kappa shape index (κ2) is 9.42. The van der Waals surface area contributed by atoms with Crippen LogP contribution in [0.25, 0.3) is 23.3 Å². The molecular formula is C34H29FN2O2. The van der Waals surface area contributed by atoms with Crippen LogP contribution in [0.1, 0.15) is 52.1 Å². The van der Waals surface area contributed by atoms with Crippen LogP contribution in [-0.2, 0) is 11.8 Å². The lowest BCUT2D eigenvalue weighted by Gasteiger charge is -2.34. The van der Waals surface area contributed by atoms with E-state index in [1.165, 1.54) is 17.7 Å². The van der Waals surface area contributed by atoms with Crippen LogP contribution in [0.5, 0.6) is 0 Å². The third-order valence-electron chi connectivity index (χ3n) is 8.09. The summed E-state index contributed by atoms with van der Waals surface area (Å²) in [4.78, 5) is 32.4. The smallest absolute Gasteiger partial charge is 0.258 e. The van der Waals surface area contributed by atoms with Gasteiger partial charge in [-0.1, -0.05) is 44.2 Å². The Morgan fingerprint density at radius 2 is 1.69 bits per heavy atom. The van der Waals surface area contributed by atoms with Gasteiger partial charge in [-0.3, -0.25) is 14.6 Å². The Balaban J connectivity index is 1.39. The number of Topliss-reactive ketones (excluding diaryl/α,β-unsaturated/α-hetero) is 1. The summed E-state index contributed by atoms with van der Waals surface area (Å²) >= 11 is 0. The summed E-state index contributed by atoms with van der Waals surface area (Å²) in [5.41, 5.74) is 6.26. The molecule has 4 nitrogen and oxygen atoms in total. The molecule has 1 atom stereocenters. The standard InChI is InChI=1S/C34H29FN2O2/c1-34(2)19-24(32(38)21-6-10-25(35)11-7-21)18-30-29-13-8-22-17-23(9-12-27(22)28(29)14-15-31(30)34)33(39)37(3)26-5-4-16-36-20-26/h4-7,9-18,20,24H,8,19H2,1-3H3. The molecule has 39 heavy (non-hydrogen) atoms. The van der Waals surface area contributed by atoms with Crippen LogP contribution in [0.4, 0.5) is 10.1 Å². The van der Waals surface area contributed by atoms with Gasteiger partial charge in [0.15, 0.2) is 5.78 Å². The van der Waals surface area contributed by atoms with Crippen molar-refractivity contribution >= 4 is 29.5 Å². The van der Waals surface area contributed by atoms with Crippen molar-refractivity contribution in [3.63, 3.8) is 0 Å². The molecule has 0 spiro atoms. The molecule has 1 aromatic heterocycles. The third kappa shape index (κ3) is 4.38. The molecule has 194 valence electrons. The van der Waals surface area contributed by atoms with Crippen LogP contribution in [0.2, 0.25) is 0 Å². The molecule has 0 radical (unpaired) electrons. The first-order valence-corrected chi connectivity index (χ1v) is 13.2. The minimum atomic E-state index is -0.347. The predicted octanol–water partition coefficient (Wildman–Crippen LogP) is 5.46. The number of hydrogen-bond acceptors (Lipinski definition) is 3. The number of benzene rings is 3. The zero-order valence-electron chi connectivity index (χ0n) is 22.2. The maximum Gasteiger partial charge on any atom is 0.258 e. The molecule has 5 heteroatoms. The fraction of sp³-hybridized carbons (Fsp3) is 0.206. The first-order chi connectivity index (χ1) is 18.7. The second-order valence-corrected chi connectivity index (χ2v) is 11.1. The maximum atomic E-state index is 13.5. The van der Waals surface area contributed by atoms with Crippen molar-refractivity contribution in [3.8, 4) is 11.1 Å². The fourth-order valence-electron chi connectivity index (χ4n) is 6.01. The van der Waals surface area contributed by atoms with Gasteiger partial charge in [-0.05, 0) is 99.5 Å². The Morgan fingerprint density at radius 1 is 0.949 bits per heavy atom. The van der Waals surface area contributed by atoms with Crippen LogP contribution in [0, 0.1) is 11.7 Å². The molecule has 0 fully saturated rings.